The van der Waals surface area contributed by atoms with Crippen LogP contribution >= 0.6 is 0 Å². The zero-order chi connectivity index (χ0) is 15.1. The second kappa shape index (κ2) is 8.54. The molecule has 4 nitrogen and oxygen atoms in total. The molecule has 1 heterocycles. The quantitative estimate of drug-likeness (QED) is 0.766. The Morgan fingerprint density at radius 3 is 2.76 bits per heavy atom. The molecule has 4 heteroatoms. The van der Waals surface area contributed by atoms with E-state index in [9.17, 15) is 0 Å². The number of nitrogens with one attached hydrogen (secondary N) is 2. The average Bonchev–Trinajstić information content (AvgIpc) is 2.94. The van der Waals surface area contributed by atoms with E-state index in [1.165, 1.54) is 32.1 Å². The highest BCUT2D eigenvalue weighted by molar-refractivity contribution is 5.05. The smallest absolute Gasteiger partial charge is 0.135 e. The summed E-state index contributed by atoms with van der Waals surface area (Å²) in [6.45, 7) is 9.16. The third kappa shape index (κ3) is 5.11. The van der Waals surface area contributed by atoms with Gasteiger partial charge in [-0.15, -0.1) is 0 Å². The number of aromatic amines is 1. The van der Waals surface area contributed by atoms with E-state index in [1.54, 1.807) is 0 Å². The molecule has 2 rings (SSSR count). The van der Waals surface area contributed by atoms with Crippen molar-refractivity contribution in [1.29, 1.82) is 0 Å². The zero-order valence-corrected chi connectivity index (χ0v) is 13.8. The summed E-state index contributed by atoms with van der Waals surface area (Å²) in [5.41, 5.74) is 1.16. The Morgan fingerprint density at radius 1 is 1.33 bits per heavy atom. The van der Waals surface area contributed by atoms with Gasteiger partial charge in [-0.25, -0.2) is 4.98 Å². The Kier molecular flexibility index (Phi) is 6.71. The van der Waals surface area contributed by atoms with Gasteiger partial charge in [-0.3, -0.25) is 0 Å². The molecule has 1 aliphatic carbocycles. The van der Waals surface area contributed by atoms with Crippen LogP contribution in [0, 0.1) is 11.8 Å². The van der Waals surface area contributed by atoms with Crippen LogP contribution in [0.25, 0.3) is 0 Å². The molecule has 1 fully saturated rings. The van der Waals surface area contributed by atoms with Crippen molar-refractivity contribution in [3.63, 3.8) is 0 Å². The first-order valence-corrected chi connectivity index (χ1v) is 8.56. The first-order valence-electron chi connectivity index (χ1n) is 8.56. The maximum Gasteiger partial charge on any atom is 0.135 e. The van der Waals surface area contributed by atoms with Crippen molar-refractivity contribution >= 4 is 0 Å². The molecule has 0 aliphatic heterocycles. The zero-order valence-electron chi connectivity index (χ0n) is 13.8. The summed E-state index contributed by atoms with van der Waals surface area (Å²) in [6, 6.07) is 0. The summed E-state index contributed by atoms with van der Waals surface area (Å²) in [7, 11) is 0. The van der Waals surface area contributed by atoms with Gasteiger partial charge in [0, 0.05) is 25.0 Å². The number of ether oxygens (including phenoxy) is 1. The number of rotatable bonds is 8. The Balaban J connectivity index is 1.94. The van der Waals surface area contributed by atoms with Gasteiger partial charge in [0.25, 0.3) is 0 Å². The van der Waals surface area contributed by atoms with Gasteiger partial charge < -0.3 is 15.0 Å². The molecule has 1 atom stereocenters. The van der Waals surface area contributed by atoms with Gasteiger partial charge in [0.1, 0.15) is 11.9 Å². The Hall–Kier alpha value is -0.870. The standard InChI is InChI=1S/C17H31N3O/c1-4-21-16(14-8-6-5-7-9-14)17-19-12-15(20-17)11-18-10-13(2)3/h12-14,16,18H,4-11H2,1-3H3,(H,19,20). The average molecular weight is 293 g/mol. The number of H-pyrrole nitrogens is 1. The number of hydrogen-bond donors (Lipinski definition) is 2. The summed E-state index contributed by atoms with van der Waals surface area (Å²) >= 11 is 0. The van der Waals surface area contributed by atoms with Gasteiger partial charge in [0.2, 0.25) is 0 Å². The van der Waals surface area contributed by atoms with Crippen LogP contribution in [0.4, 0.5) is 0 Å². The van der Waals surface area contributed by atoms with Crippen LogP contribution in [0.1, 0.15) is 70.5 Å². The molecule has 0 spiro atoms. The Labute approximate surface area is 129 Å². The molecular weight excluding hydrogens is 262 g/mol. The normalized spacial score (nSPS) is 18.3. The lowest BCUT2D eigenvalue weighted by Crippen LogP contribution is -2.21. The third-order valence-electron chi connectivity index (χ3n) is 4.21. The summed E-state index contributed by atoms with van der Waals surface area (Å²) in [5, 5.41) is 3.45. The minimum Gasteiger partial charge on any atom is -0.370 e. The van der Waals surface area contributed by atoms with Crippen LogP contribution in [-0.2, 0) is 11.3 Å². The van der Waals surface area contributed by atoms with E-state index in [2.05, 4.69) is 36.1 Å². The van der Waals surface area contributed by atoms with Crippen molar-refractivity contribution in [3.05, 3.63) is 17.7 Å². The predicted molar refractivity (Wildman–Crippen MR) is 86.1 cm³/mol. The lowest BCUT2D eigenvalue weighted by atomic mass is 9.85. The summed E-state index contributed by atoms with van der Waals surface area (Å²) in [4.78, 5) is 8.06. The molecule has 0 aromatic carbocycles. The van der Waals surface area contributed by atoms with Gasteiger partial charge >= 0.3 is 0 Å². The lowest BCUT2D eigenvalue weighted by Gasteiger charge is -2.28. The molecule has 1 unspecified atom stereocenters. The van der Waals surface area contributed by atoms with Crippen LogP contribution in [0.5, 0.6) is 0 Å². The van der Waals surface area contributed by atoms with Gasteiger partial charge in [0.05, 0.1) is 0 Å². The SMILES string of the molecule is CCOC(c1ncc(CNCC(C)C)[nH]1)C1CCCCC1. The molecule has 0 saturated heterocycles. The van der Waals surface area contributed by atoms with Crippen molar-refractivity contribution in [2.24, 2.45) is 11.8 Å². The molecule has 1 aliphatic rings. The fourth-order valence-electron chi connectivity index (χ4n) is 3.16. The highest BCUT2D eigenvalue weighted by Crippen LogP contribution is 2.35. The molecule has 1 aromatic rings. The molecule has 1 saturated carbocycles. The molecule has 0 amide bonds. The van der Waals surface area contributed by atoms with Gasteiger partial charge in [0.15, 0.2) is 0 Å². The molecule has 1 aromatic heterocycles. The molecular formula is C17H31N3O. The summed E-state index contributed by atoms with van der Waals surface area (Å²) in [6.07, 6.45) is 8.68. The maximum atomic E-state index is 6.01. The fraction of sp³-hybridized carbons (Fsp3) is 0.824. The maximum absolute atomic E-state index is 6.01. The Bertz CT molecular complexity index is 396. The largest absolute Gasteiger partial charge is 0.370 e. The number of aromatic nitrogens is 2. The summed E-state index contributed by atoms with van der Waals surface area (Å²) in [5.74, 6) is 2.32. The van der Waals surface area contributed by atoms with E-state index in [-0.39, 0.29) is 6.10 Å². The molecule has 21 heavy (non-hydrogen) atoms. The van der Waals surface area contributed by atoms with E-state index < -0.39 is 0 Å². The Morgan fingerprint density at radius 2 is 2.10 bits per heavy atom. The van der Waals surface area contributed by atoms with E-state index in [0.29, 0.717) is 11.8 Å². The van der Waals surface area contributed by atoms with Crippen LogP contribution in [0.2, 0.25) is 0 Å². The number of imidazole rings is 1. The van der Waals surface area contributed by atoms with Crippen LogP contribution < -0.4 is 5.32 Å². The van der Waals surface area contributed by atoms with Crippen molar-refractivity contribution in [2.75, 3.05) is 13.2 Å². The highest BCUT2D eigenvalue weighted by Gasteiger charge is 2.27. The fourth-order valence-corrected chi connectivity index (χ4v) is 3.16. The van der Waals surface area contributed by atoms with Crippen molar-refractivity contribution in [3.8, 4) is 0 Å². The monoisotopic (exact) mass is 293 g/mol. The first kappa shape index (κ1) is 16.5. The second-order valence-corrected chi connectivity index (χ2v) is 6.59. The van der Waals surface area contributed by atoms with Crippen LogP contribution in [-0.4, -0.2) is 23.1 Å². The lowest BCUT2D eigenvalue weighted by molar-refractivity contribution is 0.000284. The van der Waals surface area contributed by atoms with Gasteiger partial charge in [-0.05, 0) is 38.1 Å². The molecule has 120 valence electrons. The van der Waals surface area contributed by atoms with Gasteiger partial charge in [-0.1, -0.05) is 33.1 Å². The van der Waals surface area contributed by atoms with Crippen LogP contribution in [0.3, 0.4) is 0 Å². The molecule has 0 bridgehead atoms. The minimum absolute atomic E-state index is 0.147. The van der Waals surface area contributed by atoms with Gasteiger partial charge in [-0.2, -0.15) is 0 Å². The van der Waals surface area contributed by atoms with Crippen LogP contribution in [0.15, 0.2) is 6.20 Å². The molecule has 0 radical (unpaired) electrons. The van der Waals surface area contributed by atoms with Crippen molar-refractivity contribution < 1.29 is 4.74 Å². The predicted octanol–water partition coefficient (Wildman–Crippen LogP) is 3.81. The van der Waals surface area contributed by atoms with E-state index in [1.807, 2.05) is 6.20 Å². The topological polar surface area (TPSA) is 49.9 Å². The number of nitrogens with zero attached hydrogens (tertiary/aromatic N) is 1. The minimum atomic E-state index is 0.147. The van der Waals surface area contributed by atoms with E-state index in [0.717, 1.165) is 31.2 Å². The summed E-state index contributed by atoms with van der Waals surface area (Å²) < 4.78 is 6.01. The van der Waals surface area contributed by atoms with Crippen molar-refractivity contribution in [1.82, 2.24) is 15.3 Å². The van der Waals surface area contributed by atoms with E-state index >= 15 is 0 Å². The van der Waals surface area contributed by atoms with E-state index in [4.69, 9.17) is 4.74 Å². The third-order valence-corrected chi connectivity index (χ3v) is 4.21. The first-order chi connectivity index (χ1) is 10.2. The highest BCUT2D eigenvalue weighted by atomic mass is 16.5. The molecule has 2 N–H and O–H groups in total. The second-order valence-electron chi connectivity index (χ2n) is 6.59. The van der Waals surface area contributed by atoms with Crippen molar-refractivity contribution in [2.45, 2.75) is 65.5 Å². The number of hydrogen-bond acceptors (Lipinski definition) is 3.